The minimum atomic E-state index is -8.02. The average molecular weight is 440 g/mol. The summed E-state index contributed by atoms with van der Waals surface area (Å²) in [7, 11) is 0. The summed E-state index contributed by atoms with van der Waals surface area (Å²) in [6.45, 7) is 0.423. The molecule has 1 atom stereocenters. The molecule has 0 aromatic rings. The molecular weight excluding hydrogens is 433 g/mol. The molecule has 0 heterocycles. The maximum Gasteiger partial charge on any atom is 0.460 e. The molecule has 0 aromatic carbocycles. The summed E-state index contributed by atoms with van der Waals surface area (Å²) >= 11 is 4.52. The van der Waals surface area contributed by atoms with Crippen LogP contribution < -0.4 is 5.32 Å². The lowest BCUT2D eigenvalue weighted by molar-refractivity contribution is -0.439. The van der Waals surface area contributed by atoms with Gasteiger partial charge in [-0.3, -0.25) is 4.79 Å². The van der Waals surface area contributed by atoms with E-state index in [0.717, 1.165) is 6.92 Å². The monoisotopic (exact) mass is 439 g/mol. The zero-order chi connectivity index (χ0) is 21.6. The van der Waals surface area contributed by atoms with E-state index in [2.05, 4.69) is 11.6 Å². The number of halogens is 14. The number of nitrogens with one attached hydrogen (secondary N) is 1. The third-order valence-corrected chi connectivity index (χ3v) is 3.33. The highest BCUT2D eigenvalue weighted by atomic mass is 35.5. The molecule has 0 aliphatic rings. The van der Waals surface area contributed by atoms with Crippen LogP contribution in [-0.4, -0.2) is 53.6 Å². The van der Waals surface area contributed by atoms with Crippen LogP contribution in [0.25, 0.3) is 0 Å². The Labute approximate surface area is 140 Å². The molecule has 0 rings (SSSR count). The predicted octanol–water partition coefficient (Wildman–Crippen LogP) is 4.47. The number of alkyl halides is 14. The van der Waals surface area contributed by atoms with Gasteiger partial charge in [-0.05, 0) is 6.92 Å². The highest BCUT2D eigenvalue weighted by Crippen LogP contribution is 2.60. The van der Waals surface area contributed by atoms with E-state index in [0.29, 0.717) is 0 Å². The number of hydrogen-bond donors (Lipinski definition) is 1. The van der Waals surface area contributed by atoms with Crippen molar-refractivity contribution in [3.8, 4) is 0 Å². The number of amides is 1. The predicted molar refractivity (Wildman–Crippen MR) is 59.1 cm³/mol. The molecule has 0 fully saturated rings. The van der Waals surface area contributed by atoms with Gasteiger partial charge in [0.05, 0.1) is 0 Å². The van der Waals surface area contributed by atoms with Crippen molar-refractivity contribution in [2.75, 3.05) is 6.54 Å². The Morgan fingerprint density at radius 3 is 1.42 bits per heavy atom. The molecule has 0 bridgehead atoms. The molecule has 16 heteroatoms. The molecule has 1 amide bonds. The van der Waals surface area contributed by atoms with Crippen molar-refractivity contribution < 1.29 is 61.9 Å². The van der Waals surface area contributed by atoms with E-state index in [4.69, 9.17) is 0 Å². The maximum absolute atomic E-state index is 13.4. The summed E-state index contributed by atoms with van der Waals surface area (Å²) in [6, 6.07) is 0. The third kappa shape index (κ3) is 3.38. The fourth-order valence-corrected chi connectivity index (χ4v) is 1.58. The van der Waals surface area contributed by atoms with Crippen LogP contribution in [0.3, 0.4) is 0 Å². The molecule has 0 spiro atoms. The van der Waals surface area contributed by atoms with Crippen molar-refractivity contribution in [3.63, 3.8) is 0 Å². The van der Waals surface area contributed by atoms with Gasteiger partial charge < -0.3 is 5.32 Å². The summed E-state index contributed by atoms with van der Waals surface area (Å²) < 4.78 is 166. The van der Waals surface area contributed by atoms with E-state index in [-0.39, 0.29) is 0 Å². The van der Waals surface area contributed by atoms with Crippen molar-refractivity contribution in [2.45, 2.75) is 48.1 Å². The third-order valence-electron chi connectivity index (χ3n) is 2.86. The fourth-order valence-electron chi connectivity index (χ4n) is 1.37. The molecular formula is C10H7ClF13NO. The van der Waals surface area contributed by atoms with E-state index in [1.165, 1.54) is 5.32 Å². The van der Waals surface area contributed by atoms with E-state index < -0.39 is 53.6 Å². The summed E-state index contributed by atoms with van der Waals surface area (Å²) in [6.07, 6.45) is -7.49. The van der Waals surface area contributed by atoms with Crippen molar-refractivity contribution in [1.29, 1.82) is 0 Å². The largest absolute Gasteiger partial charge is 0.460 e. The molecule has 1 unspecified atom stereocenters. The van der Waals surface area contributed by atoms with Gasteiger partial charge in [-0.2, -0.15) is 57.1 Å². The molecule has 0 saturated carbocycles. The first-order chi connectivity index (χ1) is 11.1. The zero-order valence-corrected chi connectivity index (χ0v) is 12.7. The molecule has 2 nitrogen and oxygen atoms in total. The lowest BCUT2D eigenvalue weighted by Gasteiger charge is -2.40. The Bertz CT molecular complexity index is 530. The van der Waals surface area contributed by atoms with Gasteiger partial charge in [0, 0.05) is 6.54 Å². The standard InChI is InChI=1S/C10H7ClF13NO/c1-2-25-4(26)3(11)5(12,13)6(14,15)7(16,17)8(18,19)9(20,21)10(22,23)24/h3H,2H2,1H3,(H,25,26). The molecule has 156 valence electrons. The maximum atomic E-state index is 13.4. The van der Waals surface area contributed by atoms with Crippen LogP contribution in [-0.2, 0) is 4.79 Å². The van der Waals surface area contributed by atoms with Gasteiger partial charge in [-0.25, -0.2) is 0 Å². The van der Waals surface area contributed by atoms with Gasteiger partial charge in [0.1, 0.15) is 0 Å². The summed E-state index contributed by atoms with van der Waals surface area (Å²) in [5.41, 5.74) is 0. The van der Waals surface area contributed by atoms with Crippen molar-refractivity contribution in [1.82, 2.24) is 5.32 Å². The number of carbonyl (C=O) groups excluding carboxylic acids is 1. The smallest absolute Gasteiger partial charge is 0.355 e. The highest BCUT2D eigenvalue weighted by Gasteiger charge is 2.91. The van der Waals surface area contributed by atoms with E-state index >= 15 is 0 Å². The van der Waals surface area contributed by atoms with Gasteiger partial charge >= 0.3 is 35.8 Å². The molecule has 0 radical (unpaired) electrons. The van der Waals surface area contributed by atoms with E-state index in [9.17, 15) is 61.9 Å². The molecule has 26 heavy (non-hydrogen) atoms. The lowest BCUT2D eigenvalue weighted by Crippen LogP contribution is -2.72. The lowest BCUT2D eigenvalue weighted by atomic mass is 9.92. The highest BCUT2D eigenvalue weighted by molar-refractivity contribution is 6.31. The van der Waals surface area contributed by atoms with Crippen LogP contribution in [0.4, 0.5) is 57.1 Å². The van der Waals surface area contributed by atoms with Crippen LogP contribution in [0.1, 0.15) is 6.92 Å². The Hall–Kier alpha value is -1.15. The minimum Gasteiger partial charge on any atom is -0.355 e. The Balaban J connectivity index is 6.28. The molecule has 0 aromatic heterocycles. The first kappa shape index (κ1) is 24.8. The van der Waals surface area contributed by atoms with Gasteiger partial charge in [0.25, 0.3) is 0 Å². The molecule has 0 saturated heterocycles. The second kappa shape index (κ2) is 6.78. The SMILES string of the molecule is CCNC(=O)C(Cl)C(F)(F)C(F)(F)C(F)(F)C(F)(F)C(F)(F)C(F)(F)F. The number of carbonyl (C=O) groups is 1. The van der Waals surface area contributed by atoms with Gasteiger partial charge in [-0.15, -0.1) is 11.6 Å². The topological polar surface area (TPSA) is 29.1 Å². The fraction of sp³-hybridized carbons (Fsp3) is 0.900. The van der Waals surface area contributed by atoms with Crippen molar-refractivity contribution in [3.05, 3.63) is 0 Å². The molecule has 0 aliphatic carbocycles. The van der Waals surface area contributed by atoms with Crippen molar-refractivity contribution in [2.24, 2.45) is 0 Å². The van der Waals surface area contributed by atoms with Crippen molar-refractivity contribution >= 4 is 17.5 Å². The van der Waals surface area contributed by atoms with E-state index in [1.807, 2.05) is 0 Å². The number of hydrogen-bond acceptors (Lipinski definition) is 1. The van der Waals surface area contributed by atoms with Crippen LogP contribution in [0.2, 0.25) is 0 Å². The van der Waals surface area contributed by atoms with Crippen LogP contribution >= 0.6 is 11.6 Å². The van der Waals surface area contributed by atoms with E-state index in [1.54, 1.807) is 0 Å². The molecule has 1 N–H and O–H groups in total. The Morgan fingerprint density at radius 1 is 0.769 bits per heavy atom. The quantitative estimate of drug-likeness (QED) is 0.460. The second-order valence-corrected chi connectivity index (χ2v) is 5.11. The van der Waals surface area contributed by atoms with Crippen LogP contribution in [0.5, 0.6) is 0 Å². The van der Waals surface area contributed by atoms with Crippen LogP contribution in [0, 0.1) is 0 Å². The summed E-state index contributed by atoms with van der Waals surface area (Å²) in [5, 5.41) is -2.68. The molecule has 0 aliphatic heterocycles. The minimum absolute atomic E-state index is 0.581. The second-order valence-electron chi connectivity index (χ2n) is 4.68. The normalized spacial score (nSPS) is 16.4. The van der Waals surface area contributed by atoms with Gasteiger partial charge in [0.15, 0.2) is 5.38 Å². The first-order valence-corrected chi connectivity index (χ1v) is 6.45. The van der Waals surface area contributed by atoms with Gasteiger partial charge in [-0.1, -0.05) is 0 Å². The van der Waals surface area contributed by atoms with Crippen LogP contribution in [0.15, 0.2) is 0 Å². The summed E-state index contributed by atoms with van der Waals surface area (Å²) in [4.78, 5) is 11.0. The Kier molecular flexibility index (Phi) is 6.48. The zero-order valence-electron chi connectivity index (χ0n) is 12.0. The average Bonchev–Trinajstić information content (AvgIpc) is 2.44. The summed E-state index contributed by atoms with van der Waals surface area (Å²) in [5.74, 6) is -40.3. The Morgan fingerprint density at radius 2 is 1.12 bits per heavy atom. The number of rotatable bonds is 7. The first-order valence-electron chi connectivity index (χ1n) is 6.02. The van der Waals surface area contributed by atoms with Gasteiger partial charge in [0.2, 0.25) is 5.91 Å².